The van der Waals surface area contributed by atoms with Crippen molar-refractivity contribution in [3.05, 3.63) is 25.3 Å². The fourth-order valence-electron chi connectivity index (χ4n) is 5.95. The average Bonchev–Trinajstić information content (AvgIpc) is 3.36. The number of unbranched alkanes of at least 4 members (excludes halogenated alkanes) is 2. The van der Waals surface area contributed by atoms with Crippen LogP contribution >= 0.6 is 11.8 Å². The van der Waals surface area contributed by atoms with Crippen molar-refractivity contribution in [2.75, 3.05) is 32.8 Å². The topological polar surface area (TPSA) is 87.1 Å². The molecule has 8 heteroatoms. The van der Waals surface area contributed by atoms with Crippen molar-refractivity contribution in [3.8, 4) is 0 Å². The summed E-state index contributed by atoms with van der Waals surface area (Å²) in [5.41, 5.74) is 0. The lowest BCUT2D eigenvalue weighted by Crippen LogP contribution is -2.55. The van der Waals surface area contributed by atoms with Crippen molar-refractivity contribution in [2.24, 2.45) is 11.8 Å². The average molecular weight is 479 g/mol. The first-order chi connectivity index (χ1) is 15.8. The number of likely N-dealkylation sites (tertiary alicyclic amines) is 1. The molecule has 0 aliphatic carbocycles. The number of rotatable bonds is 13. The lowest BCUT2D eigenvalue weighted by molar-refractivity contribution is -0.154. The predicted molar refractivity (Wildman–Crippen MR) is 130 cm³/mol. The summed E-state index contributed by atoms with van der Waals surface area (Å²) in [6.07, 6.45) is 8.07. The van der Waals surface area contributed by atoms with E-state index in [-0.39, 0.29) is 31.0 Å². The lowest BCUT2D eigenvalue weighted by Gasteiger charge is -2.37. The molecule has 184 valence electrons. The fourth-order valence-corrected chi connectivity index (χ4v) is 8.29. The number of aliphatic hydroxyl groups is 1. The zero-order valence-corrected chi connectivity index (χ0v) is 20.8. The largest absolute Gasteiger partial charge is 0.461 e. The van der Waals surface area contributed by atoms with Gasteiger partial charge in [-0.2, -0.15) is 0 Å². The van der Waals surface area contributed by atoms with Crippen LogP contribution in [-0.2, 0) is 19.1 Å². The van der Waals surface area contributed by atoms with E-state index in [9.17, 15) is 19.5 Å². The molecular weight excluding hydrogens is 440 g/mol. The van der Waals surface area contributed by atoms with Crippen LogP contribution in [0.5, 0.6) is 0 Å². The summed E-state index contributed by atoms with van der Waals surface area (Å²) < 4.78 is 4.33. The maximum atomic E-state index is 14.0. The number of nitrogens with zero attached hydrogens (tertiary/aromatic N) is 2. The number of aliphatic hydroxyl groups excluding tert-OH is 1. The zero-order valence-electron chi connectivity index (χ0n) is 20.0. The number of amides is 2. The number of hydrogen-bond donors (Lipinski definition) is 1. The van der Waals surface area contributed by atoms with Gasteiger partial charge in [-0.05, 0) is 32.6 Å². The maximum absolute atomic E-state index is 14.0. The first-order valence-electron chi connectivity index (χ1n) is 12.1. The van der Waals surface area contributed by atoms with E-state index in [1.165, 1.54) is 6.08 Å². The van der Waals surface area contributed by atoms with Gasteiger partial charge in [-0.1, -0.05) is 38.5 Å². The van der Waals surface area contributed by atoms with Gasteiger partial charge in [0.15, 0.2) is 0 Å². The van der Waals surface area contributed by atoms with Crippen molar-refractivity contribution in [1.29, 1.82) is 0 Å². The van der Waals surface area contributed by atoms with Gasteiger partial charge in [0.05, 0.1) is 16.6 Å². The molecule has 3 fully saturated rings. The summed E-state index contributed by atoms with van der Waals surface area (Å²) in [4.78, 5) is 44.3. The van der Waals surface area contributed by atoms with E-state index in [1.807, 2.05) is 11.8 Å². The highest BCUT2D eigenvalue weighted by atomic mass is 32.2. The van der Waals surface area contributed by atoms with E-state index in [2.05, 4.69) is 20.1 Å². The molecule has 2 amide bonds. The Bertz CT molecular complexity index is 789. The number of thioether (sulfide) groups is 1. The molecule has 3 heterocycles. The van der Waals surface area contributed by atoms with Crippen LogP contribution in [-0.4, -0.2) is 81.1 Å². The van der Waals surface area contributed by atoms with Gasteiger partial charge >= 0.3 is 5.97 Å². The first kappa shape index (κ1) is 25.8. The minimum Gasteiger partial charge on any atom is -0.461 e. The summed E-state index contributed by atoms with van der Waals surface area (Å²) in [5.74, 6) is -1.80. The van der Waals surface area contributed by atoms with Crippen LogP contribution in [0.4, 0.5) is 0 Å². The van der Waals surface area contributed by atoms with E-state index < -0.39 is 27.4 Å². The third-order valence-electron chi connectivity index (χ3n) is 7.36. The second-order valence-corrected chi connectivity index (χ2v) is 11.4. The molecule has 33 heavy (non-hydrogen) atoms. The van der Waals surface area contributed by atoms with Crippen LogP contribution < -0.4 is 0 Å². The fraction of sp³-hybridized carbons (Fsp3) is 0.720. The van der Waals surface area contributed by atoms with Gasteiger partial charge < -0.3 is 19.6 Å². The standard InChI is InChI=1S/C25H38N2O5S/c1-5-8-9-14-26(13-6-2)22(30)20-25-12-11-24(4,33-25)19(23(31)32-17-7-3)18(25)21(29)27(20)15-10-16-28/h6-7,18-20,28H,2-3,5,8-17H2,1,4H3/t18-,19+,20?,24-,25?/m0/s1. The third kappa shape index (κ3) is 4.48. The highest BCUT2D eigenvalue weighted by Gasteiger charge is 2.77. The van der Waals surface area contributed by atoms with Gasteiger partial charge in [-0.15, -0.1) is 18.3 Å². The number of carbonyl (C=O) groups excluding carboxylic acids is 3. The molecule has 3 rings (SSSR count). The van der Waals surface area contributed by atoms with E-state index in [0.717, 1.165) is 25.7 Å². The number of fused-ring (bicyclic) bond motifs is 1. The number of hydrogen-bond acceptors (Lipinski definition) is 6. The number of esters is 1. The molecule has 5 atom stereocenters. The third-order valence-corrected chi connectivity index (χ3v) is 9.34. The van der Waals surface area contributed by atoms with Crippen LogP contribution in [0.2, 0.25) is 0 Å². The number of ether oxygens (including phenoxy) is 1. The van der Waals surface area contributed by atoms with Crippen LogP contribution in [0.15, 0.2) is 25.3 Å². The number of carbonyl (C=O) groups is 3. The summed E-state index contributed by atoms with van der Waals surface area (Å²) >= 11 is 1.64. The molecule has 0 saturated carbocycles. The van der Waals surface area contributed by atoms with Crippen LogP contribution in [0.25, 0.3) is 0 Å². The van der Waals surface area contributed by atoms with Crippen molar-refractivity contribution in [2.45, 2.75) is 67.9 Å². The van der Waals surface area contributed by atoms with Gasteiger partial charge in [-0.3, -0.25) is 14.4 Å². The van der Waals surface area contributed by atoms with Crippen molar-refractivity contribution in [1.82, 2.24) is 9.80 Å². The molecule has 1 N–H and O–H groups in total. The molecule has 0 aromatic carbocycles. The summed E-state index contributed by atoms with van der Waals surface area (Å²) in [6, 6.07) is -0.646. The van der Waals surface area contributed by atoms with Crippen LogP contribution in [0, 0.1) is 11.8 Å². The molecule has 2 unspecified atom stereocenters. The molecule has 3 saturated heterocycles. The molecule has 3 aliphatic heterocycles. The summed E-state index contributed by atoms with van der Waals surface area (Å²) in [6.45, 7) is 13.0. The summed E-state index contributed by atoms with van der Waals surface area (Å²) in [7, 11) is 0. The van der Waals surface area contributed by atoms with Gasteiger partial charge in [0.25, 0.3) is 0 Å². The minimum absolute atomic E-state index is 0.0646. The Balaban J connectivity index is 1.98. The Morgan fingerprint density at radius 3 is 2.67 bits per heavy atom. The SMILES string of the molecule is C=CCOC(=O)[C@H]1[C@H]2C(=O)N(CCCO)C(C(=O)N(CC=C)CCCCC)C23CC[C@]1(C)S3. The maximum Gasteiger partial charge on any atom is 0.311 e. The molecule has 2 bridgehead atoms. The highest BCUT2D eigenvalue weighted by molar-refractivity contribution is 8.02. The van der Waals surface area contributed by atoms with Gasteiger partial charge in [0.1, 0.15) is 12.6 Å². The molecule has 1 spiro atoms. The Kier molecular flexibility index (Phi) is 8.32. The first-order valence-corrected chi connectivity index (χ1v) is 12.9. The van der Waals surface area contributed by atoms with E-state index in [4.69, 9.17) is 4.74 Å². The van der Waals surface area contributed by atoms with E-state index >= 15 is 0 Å². The molecule has 0 aromatic heterocycles. The molecule has 3 aliphatic rings. The van der Waals surface area contributed by atoms with E-state index in [1.54, 1.807) is 22.7 Å². The molecule has 0 aromatic rings. The van der Waals surface area contributed by atoms with Crippen LogP contribution in [0.1, 0.15) is 52.4 Å². The lowest BCUT2D eigenvalue weighted by atomic mass is 9.66. The van der Waals surface area contributed by atoms with Gasteiger partial charge in [0, 0.05) is 31.0 Å². The second kappa shape index (κ2) is 10.6. The predicted octanol–water partition coefficient (Wildman–Crippen LogP) is 2.78. The van der Waals surface area contributed by atoms with E-state index in [0.29, 0.717) is 32.5 Å². The van der Waals surface area contributed by atoms with Crippen molar-refractivity contribution >= 4 is 29.5 Å². The normalized spacial score (nSPS) is 32.0. The Morgan fingerprint density at radius 1 is 1.27 bits per heavy atom. The van der Waals surface area contributed by atoms with Crippen molar-refractivity contribution in [3.63, 3.8) is 0 Å². The highest BCUT2D eigenvalue weighted by Crippen LogP contribution is 2.71. The smallest absolute Gasteiger partial charge is 0.311 e. The molecular formula is C25H38N2O5S. The molecule has 0 radical (unpaired) electrons. The monoisotopic (exact) mass is 478 g/mol. The molecule has 7 nitrogen and oxygen atoms in total. The van der Waals surface area contributed by atoms with Gasteiger partial charge in [0.2, 0.25) is 11.8 Å². The zero-order chi connectivity index (χ0) is 24.2. The Labute approximate surface area is 201 Å². The van der Waals surface area contributed by atoms with Gasteiger partial charge in [-0.25, -0.2) is 0 Å². The Morgan fingerprint density at radius 2 is 2.03 bits per heavy atom. The van der Waals surface area contributed by atoms with Crippen LogP contribution in [0.3, 0.4) is 0 Å². The summed E-state index contributed by atoms with van der Waals surface area (Å²) in [5, 5.41) is 9.45. The minimum atomic E-state index is -0.652. The van der Waals surface area contributed by atoms with Crippen molar-refractivity contribution < 1.29 is 24.2 Å². The second-order valence-electron chi connectivity index (χ2n) is 9.54. The Hall–Kier alpha value is -1.80. The quantitative estimate of drug-likeness (QED) is 0.249.